The quantitative estimate of drug-likeness (QED) is 0.400. The fourth-order valence-electron chi connectivity index (χ4n) is 3.44. The van der Waals surface area contributed by atoms with Gasteiger partial charge in [0.2, 0.25) is 5.89 Å². The highest BCUT2D eigenvalue weighted by atomic mass is 16.5. The van der Waals surface area contributed by atoms with Crippen molar-refractivity contribution in [3.8, 4) is 11.5 Å². The number of hydrogen-bond acceptors (Lipinski definition) is 6. The number of rotatable bonds is 4. The molecule has 2 aromatic heterocycles. The molecule has 1 N–H and O–H groups in total. The van der Waals surface area contributed by atoms with Gasteiger partial charge in [-0.25, -0.2) is 4.98 Å². The summed E-state index contributed by atoms with van der Waals surface area (Å²) in [5, 5.41) is 2.93. The number of anilines is 2. The summed E-state index contributed by atoms with van der Waals surface area (Å²) < 4.78 is 11.1. The van der Waals surface area contributed by atoms with Crippen molar-refractivity contribution < 1.29 is 13.9 Å². The summed E-state index contributed by atoms with van der Waals surface area (Å²) >= 11 is 0. The first-order valence-corrected chi connectivity index (χ1v) is 11.8. The number of carbonyl (C=O) groups is 1. The van der Waals surface area contributed by atoms with Gasteiger partial charge in [-0.3, -0.25) is 4.79 Å². The Labute approximate surface area is 200 Å². The molecule has 0 bridgehead atoms. The van der Waals surface area contributed by atoms with E-state index in [-0.39, 0.29) is 5.91 Å². The number of carbonyl (C=O) groups excluding carboxylic acids is 1. The van der Waals surface area contributed by atoms with Crippen LogP contribution in [-0.2, 0) is 4.74 Å². The Morgan fingerprint density at radius 1 is 0.912 bits per heavy atom. The van der Waals surface area contributed by atoms with Crippen LogP contribution in [0.15, 0.2) is 71.3 Å². The third-order valence-electron chi connectivity index (χ3n) is 5.06. The van der Waals surface area contributed by atoms with E-state index in [0.29, 0.717) is 28.4 Å². The molecule has 0 spiro atoms. The minimum absolute atomic E-state index is 0.151. The predicted octanol–water partition coefficient (Wildman–Crippen LogP) is 6.03. The molecular weight excluding hydrogens is 428 g/mol. The van der Waals surface area contributed by atoms with Gasteiger partial charge in [0.05, 0.1) is 13.2 Å². The number of aromatic nitrogens is 2. The number of pyridine rings is 1. The molecule has 1 fully saturated rings. The lowest BCUT2D eigenvalue weighted by atomic mass is 10.1. The summed E-state index contributed by atoms with van der Waals surface area (Å²) in [5.74, 6) is 0.350. The average molecular weight is 461 g/mol. The molecule has 0 atom stereocenters. The predicted molar refractivity (Wildman–Crippen MR) is 137 cm³/mol. The monoisotopic (exact) mass is 460 g/mol. The minimum atomic E-state index is -0.151. The normalized spacial score (nSPS) is 12.8. The zero-order valence-electron chi connectivity index (χ0n) is 20.2. The Hall–Kier alpha value is -3.71. The fourth-order valence-corrected chi connectivity index (χ4v) is 3.44. The van der Waals surface area contributed by atoms with Crippen molar-refractivity contribution >= 4 is 28.5 Å². The molecule has 7 heteroatoms. The van der Waals surface area contributed by atoms with E-state index in [1.165, 1.54) is 0 Å². The lowest BCUT2D eigenvalue weighted by Crippen LogP contribution is -2.36. The van der Waals surface area contributed by atoms with E-state index in [1.807, 2.05) is 88.4 Å². The van der Waals surface area contributed by atoms with Crippen LogP contribution in [0, 0.1) is 0 Å². The maximum atomic E-state index is 12.6. The molecule has 7 nitrogen and oxygen atoms in total. The van der Waals surface area contributed by atoms with Crippen molar-refractivity contribution in [1.29, 1.82) is 0 Å². The molecule has 0 radical (unpaired) electrons. The Kier molecular flexibility index (Phi) is 9.17. The number of oxazole rings is 1. The highest BCUT2D eigenvalue weighted by molar-refractivity contribution is 6.04. The smallest absolute Gasteiger partial charge is 0.255 e. The first kappa shape index (κ1) is 24.9. The molecule has 1 amide bonds. The van der Waals surface area contributed by atoms with Crippen LogP contribution in [0.3, 0.4) is 0 Å². The molecule has 0 unspecified atom stereocenters. The van der Waals surface area contributed by atoms with Gasteiger partial charge in [-0.15, -0.1) is 0 Å². The number of ether oxygens (including phenoxy) is 1. The zero-order valence-corrected chi connectivity index (χ0v) is 20.2. The second-order valence-corrected chi connectivity index (χ2v) is 7.02. The van der Waals surface area contributed by atoms with Gasteiger partial charge in [0, 0.05) is 41.8 Å². The van der Waals surface area contributed by atoms with Crippen LogP contribution in [0.25, 0.3) is 22.7 Å². The number of nitrogens with zero attached hydrogens (tertiary/aromatic N) is 3. The van der Waals surface area contributed by atoms with Crippen molar-refractivity contribution in [2.24, 2.45) is 0 Å². The molecule has 5 rings (SSSR count). The van der Waals surface area contributed by atoms with E-state index in [2.05, 4.69) is 20.2 Å². The SMILES string of the molecule is CC.CC.O=C(Nc1ccc(-c2nc3ncccc3o2)cc1)c1ccc(N2CCOCC2)cc1. The van der Waals surface area contributed by atoms with E-state index < -0.39 is 0 Å². The Morgan fingerprint density at radius 3 is 2.24 bits per heavy atom. The van der Waals surface area contributed by atoms with Crippen LogP contribution in [0.1, 0.15) is 38.1 Å². The Bertz CT molecular complexity index is 1130. The average Bonchev–Trinajstić information content (AvgIpc) is 3.36. The summed E-state index contributed by atoms with van der Waals surface area (Å²) in [6.07, 6.45) is 1.68. The molecule has 0 aliphatic carbocycles. The third kappa shape index (κ3) is 5.99. The number of nitrogens with one attached hydrogen (secondary N) is 1. The van der Waals surface area contributed by atoms with Gasteiger partial charge >= 0.3 is 0 Å². The van der Waals surface area contributed by atoms with Crippen molar-refractivity contribution in [3.05, 3.63) is 72.4 Å². The van der Waals surface area contributed by atoms with Crippen molar-refractivity contribution in [3.63, 3.8) is 0 Å². The standard InChI is InChI=1S/C23H20N4O3.2C2H6/c28-22(16-5-9-19(10-6-16)27-12-14-29-15-13-27)25-18-7-3-17(4-8-18)23-26-21-20(30-23)2-1-11-24-21;2*1-2/h1-11H,12-15H2,(H,25,28);2*1-2H3. The van der Waals surface area contributed by atoms with E-state index in [1.54, 1.807) is 6.20 Å². The van der Waals surface area contributed by atoms with E-state index in [9.17, 15) is 4.79 Å². The second kappa shape index (κ2) is 12.5. The molecule has 1 aliphatic rings. The summed E-state index contributed by atoms with van der Waals surface area (Å²) in [4.78, 5) is 23.4. The van der Waals surface area contributed by atoms with Crippen LogP contribution in [-0.4, -0.2) is 42.2 Å². The van der Waals surface area contributed by atoms with Gasteiger partial charge in [0.1, 0.15) is 0 Å². The Morgan fingerprint density at radius 2 is 1.59 bits per heavy atom. The number of amides is 1. The highest BCUT2D eigenvalue weighted by Crippen LogP contribution is 2.24. The van der Waals surface area contributed by atoms with Crippen LogP contribution in [0.5, 0.6) is 0 Å². The van der Waals surface area contributed by atoms with E-state index in [0.717, 1.165) is 37.6 Å². The molecular formula is C27H32N4O3. The molecule has 1 saturated heterocycles. The molecule has 2 aromatic carbocycles. The van der Waals surface area contributed by atoms with Gasteiger partial charge in [-0.1, -0.05) is 27.7 Å². The molecule has 178 valence electrons. The molecule has 3 heterocycles. The number of morpholine rings is 1. The molecule has 4 aromatic rings. The second-order valence-electron chi connectivity index (χ2n) is 7.02. The van der Waals surface area contributed by atoms with Crippen LogP contribution >= 0.6 is 0 Å². The van der Waals surface area contributed by atoms with Crippen molar-refractivity contribution in [2.45, 2.75) is 27.7 Å². The summed E-state index contributed by atoms with van der Waals surface area (Å²) in [6.45, 7) is 11.2. The molecule has 1 aliphatic heterocycles. The maximum absolute atomic E-state index is 12.6. The van der Waals surface area contributed by atoms with Crippen LogP contribution in [0.2, 0.25) is 0 Å². The van der Waals surface area contributed by atoms with Crippen molar-refractivity contribution in [2.75, 3.05) is 36.5 Å². The zero-order chi connectivity index (χ0) is 24.3. The fraction of sp³-hybridized carbons (Fsp3) is 0.296. The van der Waals surface area contributed by atoms with Crippen LogP contribution < -0.4 is 10.2 Å². The molecule has 0 saturated carbocycles. The lowest BCUT2D eigenvalue weighted by molar-refractivity contribution is 0.102. The van der Waals surface area contributed by atoms with E-state index >= 15 is 0 Å². The van der Waals surface area contributed by atoms with Gasteiger partial charge in [0.15, 0.2) is 11.2 Å². The number of fused-ring (bicyclic) bond motifs is 1. The highest BCUT2D eigenvalue weighted by Gasteiger charge is 2.13. The lowest BCUT2D eigenvalue weighted by Gasteiger charge is -2.28. The third-order valence-corrected chi connectivity index (χ3v) is 5.06. The van der Waals surface area contributed by atoms with E-state index in [4.69, 9.17) is 9.15 Å². The van der Waals surface area contributed by atoms with Gasteiger partial charge in [-0.2, -0.15) is 4.98 Å². The maximum Gasteiger partial charge on any atom is 0.255 e. The van der Waals surface area contributed by atoms with Gasteiger partial charge in [-0.05, 0) is 60.7 Å². The number of benzene rings is 2. The summed E-state index contributed by atoms with van der Waals surface area (Å²) in [6, 6.07) is 18.7. The topological polar surface area (TPSA) is 80.5 Å². The summed E-state index contributed by atoms with van der Waals surface area (Å²) in [7, 11) is 0. The van der Waals surface area contributed by atoms with Gasteiger partial charge in [0.25, 0.3) is 5.91 Å². The van der Waals surface area contributed by atoms with Crippen molar-refractivity contribution in [1.82, 2.24) is 9.97 Å². The summed E-state index contributed by atoms with van der Waals surface area (Å²) in [5.41, 5.74) is 4.46. The first-order valence-electron chi connectivity index (χ1n) is 11.8. The van der Waals surface area contributed by atoms with Crippen LogP contribution in [0.4, 0.5) is 11.4 Å². The first-order chi connectivity index (χ1) is 16.8. The molecule has 34 heavy (non-hydrogen) atoms. The minimum Gasteiger partial charge on any atom is -0.434 e. The largest absolute Gasteiger partial charge is 0.434 e. The van der Waals surface area contributed by atoms with Gasteiger partial charge < -0.3 is 19.4 Å². The number of hydrogen-bond donors (Lipinski definition) is 1. The Balaban J connectivity index is 0.000000771.